The molecule has 0 saturated carbocycles. The summed E-state index contributed by atoms with van der Waals surface area (Å²) >= 11 is 1.78. The Kier molecular flexibility index (Phi) is 7.38. The van der Waals surface area contributed by atoms with Crippen LogP contribution in [0.15, 0.2) is 72.1 Å². The highest BCUT2D eigenvalue weighted by Crippen LogP contribution is 2.35. The molecule has 0 aliphatic carbocycles. The molecule has 2 atom stereocenters. The van der Waals surface area contributed by atoms with Crippen molar-refractivity contribution in [2.24, 2.45) is 11.8 Å². The van der Waals surface area contributed by atoms with Gasteiger partial charge in [0, 0.05) is 49.1 Å². The van der Waals surface area contributed by atoms with Crippen LogP contribution in [0.25, 0.3) is 0 Å². The number of carbonyl (C=O) groups excluding carboxylic acids is 1. The molecular weight excluding hydrogens is 419 g/mol. The summed E-state index contributed by atoms with van der Waals surface area (Å²) in [5.41, 5.74) is 1.89. The summed E-state index contributed by atoms with van der Waals surface area (Å²) in [7, 11) is 0. The van der Waals surface area contributed by atoms with E-state index in [1.165, 1.54) is 4.88 Å². The van der Waals surface area contributed by atoms with Crippen molar-refractivity contribution in [1.82, 2.24) is 9.80 Å². The number of hydrogen-bond acceptors (Lipinski definition) is 3. The Labute approximate surface area is 194 Å². The summed E-state index contributed by atoms with van der Waals surface area (Å²) in [6.45, 7) is 8.50. The predicted octanol–water partition coefficient (Wildman–Crippen LogP) is 5.90. The number of likely N-dealkylation sites (tertiary alicyclic amines) is 1. The summed E-state index contributed by atoms with van der Waals surface area (Å²) < 4.78 is 13.6. The van der Waals surface area contributed by atoms with E-state index in [4.69, 9.17) is 0 Å². The third-order valence-corrected chi connectivity index (χ3v) is 6.98. The van der Waals surface area contributed by atoms with Crippen LogP contribution >= 0.6 is 11.3 Å². The van der Waals surface area contributed by atoms with Gasteiger partial charge in [-0.3, -0.25) is 9.69 Å². The molecular formula is C27H31FN2OS. The van der Waals surface area contributed by atoms with Gasteiger partial charge in [-0.2, -0.15) is 0 Å². The Morgan fingerprint density at radius 1 is 1.06 bits per heavy atom. The summed E-state index contributed by atoms with van der Waals surface area (Å²) in [5, 5.41) is 2.11. The number of halogens is 1. The third kappa shape index (κ3) is 5.64. The first-order valence-electron chi connectivity index (χ1n) is 11.3. The van der Waals surface area contributed by atoms with E-state index < -0.39 is 0 Å². The number of thiophene rings is 1. The van der Waals surface area contributed by atoms with Crippen LogP contribution in [0.4, 0.5) is 4.39 Å². The fourth-order valence-electron chi connectivity index (χ4n) is 4.71. The van der Waals surface area contributed by atoms with E-state index in [0.717, 1.165) is 37.3 Å². The molecule has 168 valence electrons. The average molecular weight is 451 g/mol. The van der Waals surface area contributed by atoms with Gasteiger partial charge in [0.25, 0.3) is 5.91 Å². The molecule has 1 saturated heterocycles. The van der Waals surface area contributed by atoms with Gasteiger partial charge in [-0.25, -0.2) is 4.39 Å². The quantitative estimate of drug-likeness (QED) is 0.426. The van der Waals surface area contributed by atoms with E-state index in [1.54, 1.807) is 23.5 Å². The fourth-order valence-corrected chi connectivity index (χ4v) is 5.46. The van der Waals surface area contributed by atoms with Crippen LogP contribution < -0.4 is 0 Å². The molecule has 4 rings (SSSR count). The molecule has 2 aromatic carbocycles. The van der Waals surface area contributed by atoms with Crippen LogP contribution in [0.1, 0.15) is 40.6 Å². The SMILES string of the molecule is CC(C)CN(C[C@H]1CN(Cc2cccs2)C[C@H]1c1ccc(F)cc1)C(=O)c1ccccc1. The van der Waals surface area contributed by atoms with Gasteiger partial charge in [-0.1, -0.05) is 50.2 Å². The number of rotatable bonds is 8. The maximum atomic E-state index is 13.6. The lowest BCUT2D eigenvalue weighted by molar-refractivity contribution is 0.0703. The molecule has 1 aromatic heterocycles. The predicted molar refractivity (Wildman–Crippen MR) is 129 cm³/mol. The van der Waals surface area contributed by atoms with Gasteiger partial charge >= 0.3 is 0 Å². The summed E-state index contributed by atoms with van der Waals surface area (Å²) in [6, 6.07) is 20.7. The van der Waals surface area contributed by atoms with E-state index in [2.05, 4.69) is 36.3 Å². The van der Waals surface area contributed by atoms with Crippen LogP contribution in [-0.2, 0) is 6.54 Å². The van der Waals surface area contributed by atoms with Gasteiger partial charge in [0.05, 0.1) is 0 Å². The molecule has 3 nitrogen and oxygen atoms in total. The van der Waals surface area contributed by atoms with Gasteiger partial charge < -0.3 is 4.90 Å². The van der Waals surface area contributed by atoms with Gasteiger partial charge in [0.2, 0.25) is 0 Å². The van der Waals surface area contributed by atoms with Crippen LogP contribution in [-0.4, -0.2) is 41.9 Å². The van der Waals surface area contributed by atoms with E-state index in [0.29, 0.717) is 18.4 Å². The Bertz CT molecular complexity index is 988. The molecule has 5 heteroatoms. The number of nitrogens with zero attached hydrogens (tertiary/aromatic N) is 2. The number of amides is 1. The summed E-state index contributed by atoms with van der Waals surface area (Å²) in [4.78, 5) is 19.2. The first kappa shape index (κ1) is 22.7. The van der Waals surface area contributed by atoms with E-state index in [1.807, 2.05) is 47.4 Å². The Balaban J connectivity index is 1.57. The Morgan fingerprint density at radius 2 is 1.81 bits per heavy atom. The highest BCUT2D eigenvalue weighted by Gasteiger charge is 2.36. The topological polar surface area (TPSA) is 23.6 Å². The maximum absolute atomic E-state index is 13.6. The van der Waals surface area contributed by atoms with Crippen molar-refractivity contribution in [3.05, 3.63) is 93.9 Å². The zero-order valence-electron chi connectivity index (χ0n) is 18.8. The molecule has 0 spiro atoms. The van der Waals surface area contributed by atoms with Crippen molar-refractivity contribution >= 4 is 17.2 Å². The van der Waals surface area contributed by atoms with Crippen molar-refractivity contribution in [3.8, 4) is 0 Å². The standard InChI is InChI=1S/C27H31FN2OS/c1-20(2)15-30(27(31)22-7-4-3-5-8-22)17-23-16-29(18-25-9-6-14-32-25)19-26(23)21-10-12-24(28)13-11-21/h3-14,20,23,26H,15-19H2,1-2H3/t23-,26+/m1/s1. The third-order valence-electron chi connectivity index (χ3n) is 6.12. The highest BCUT2D eigenvalue weighted by atomic mass is 32.1. The maximum Gasteiger partial charge on any atom is 0.253 e. The molecule has 32 heavy (non-hydrogen) atoms. The van der Waals surface area contributed by atoms with Gasteiger partial charge in [0.1, 0.15) is 5.82 Å². The second-order valence-electron chi connectivity index (χ2n) is 9.16. The van der Waals surface area contributed by atoms with Gasteiger partial charge in [-0.15, -0.1) is 11.3 Å². The molecule has 1 fully saturated rings. The zero-order valence-corrected chi connectivity index (χ0v) is 19.6. The lowest BCUT2D eigenvalue weighted by Crippen LogP contribution is -2.39. The molecule has 1 aliphatic heterocycles. The summed E-state index contributed by atoms with van der Waals surface area (Å²) in [5.74, 6) is 0.837. The zero-order chi connectivity index (χ0) is 22.5. The molecule has 0 unspecified atom stereocenters. The van der Waals surface area contributed by atoms with Gasteiger partial charge in [-0.05, 0) is 53.1 Å². The van der Waals surface area contributed by atoms with Gasteiger partial charge in [0.15, 0.2) is 0 Å². The average Bonchev–Trinajstić information content (AvgIpc) is 3.44. The van der Waals surface area contributed by atoms with E-state index in [-0.39, 0.29) is 17.6 Å². The Morgan fingerprint density at radius 3 is 2.47 bits per heavy atom. The van der Waals surface area contributed by atoms with Crippen LogP contribution in [0.5, 0.6) is 0 Å². The lowest BCUT2D eigenvalue weighted by atomic mass is 9.88. The molecule has 0 bridgehead atoms. The molecule has 0 radical (unpaired) electrons. The van der Waals surface area contributed by atoms with Crippen LogP contribution in [0.2, 0.25) is 0 Å². The van der Waals surface area contributed by atoms with Crippen molar-refractivity contribution < 1.29 is 9.18 Å². The van der Waals surface area contributed by atoms with E-state index >= 15 is 0 Å². The minimum atomic E-state index is -0.209. The molecule has 3 aromatic rings. The smallest absolute Gasteiger partial charge is 0.253 e. The largest absolute Gasteiger partial charge is 0.338 e. The molecule has 2 heterocycles. The number of benzene rings is 2. The first-order valence-corrected chi connectivity index (χ1v) is 12.2. The van der Waals surface area contributed by atoms with Crippen molar-refractivity contribution in [2.75, 3.05) is 26.2 Å². The van der Waals surface area contributed by atoms with Crippen molar-refractivity contribution in [3.63, 3.8) is 0 Å². The van der Waals surface area contributed by atoms with Crippen LogP contribution in [0.3, 0.4) is 0 Å². The number of carbonyl (C=O) groups is 1. The molecule has 1 aliphatic rings. The minimum Gasteiger partial charge on any atom is -0.338 e. The summed E-state index contributed by atoms with van der Waals surface area (Å²) in [6.07, 6.45) is 0. The number of hydrogen-bond donors (Lipinski definition) is 0. The molecule has 0 N–H and O–H groups in total. The highest BCUT2D eigenvalue weighted by molar-refractivity contribution is 7.09. The minimum absolute atomic E-state index is 0.0915. The Hall–Kier alpha value is -2.50. The second-order valence-corrected chi connectivity index (χ2v) is 10.2. The monoisotopic (exact) mass is 450 g/mol. The lowest BCUT2D eigenvalue weighted by Gasteiger charge is -2.30. The second kappa shape index (κ2) is 10.4. The molecule has 1 amide bonds. The van der Waals surface area contributed by atoms with Crippen molar-refractivity contribution in [2.45, 2.75) is 26.3 Å². The fraction of sp³-hybridized carbons (Fsp3) is 0.370. The first-order chi connectivity index (χ1) is 15.5. The normalized spacial score (nSPS) is 18.9. The van der Waals surface area contributed by atoms with Crippen molar-refractivity contribution in [1.29, 1.82) is 0 Å². The van der Waals surface area contributed by atoms with E-state index in [9.17, 15) is 9.18 Å². The van der Waals surface area contributed by atoms with Crippen LogP contribution in [0, 0.1) is 17.7 Å².